The number of methoxy groups -OCH3 is 1. The first kappa shape index (κ1) is 23.4. The van der Waals surface area contributed by atoms with E-state index in [-0.39, 0.29) is 17.7 Å². The number of anilines is 1. The predicted octanol–water partition coefficient (Wildman–Crippen LogP) is 3.58. The van der Waals surface area contributed by atoms with Crippen LogP contribution in [0.3, 0.4) is 0 Å². The molecule has 1 aliphatic heterocycles. The lowest BCUT2D eigenvalue weighted by atomic mass is 10.1. The predicted molar refractivity (Wildman–Crippen MR) is 121 cm³/mol. The Morgan fingerprint density at radius 1 is 1.29 bits per heavy atom. The molecule has 0 spiro atoms. The number of carbonyl (C=O) groups excluding carboxylic acids is 1. The average Bonchev–Trinajstić information content (AvgIpc) is 3.14. The third kappa shape index (κ3) is 4.81. The Kier molecular flexibility index (Phi) is 7.46. The molecule has 0 saturated carbocycles. The van der Waals surface area contributed by atoms with Gasteiger partial charge in [-0.2, -0.15) is 0 Å². The molecule has 2 heterocycles. The number of benzene rings is 1. The minimum atomic E-state index is -0.427. The normalized spacial score (nSPS) is 18.3. The number of hydrogen-bond acceptors (Lipinski definition) is 6. The van der Waals surface area contributed by atoms with E-state index in [9.17, 15) is 9.59 Å². The Morgan fingerprint density at radius 2 is 2.03 bits per heavy atom. The summed E-state index contributed by atoms with van der Waals surface area (Å²) in [7, 11) is 2.99. The van der Waals surface area contributed by atoms with Crippen LogP contribution in [0.5, 0.6) is 0 Å². The fourth-order valence-electron chi connectivity index (χ4n) is 3.72. The van der Waals surface area contributed by atoms with Gasteiger partial charge >= 0.3 is 6.09 Å². The van der Waals surface area contributed by atoms with Crippen molar-refractivity contribution in [2.45, 2.75) is 32.4 Å². The molecule has 1 aliphatic rings. The summed E-state index contributed by atoms with van der Waals surface area (Å²) in [6.07, 6.45) is -0.170. The van der Waals surface area contributed by atoms with E-state index in [1.165, 1.54) is 11.7 Å². The molecule has 3 rings (SSSR count). The van der Waals surface area contributed by atoms with E-state index in [1.54, 1.807) is 30.1 Å². The topological polar surface area (TPSA) is 85.7 Å². The Balaban J connectivity index is 1.99. The number of rotatable bonds is 6. The van der Waals surface area contributed by atoms with Crippen LogP contribution in [0.25, 0.3) is 11.4 Å². The minimum absolute atomic E-state index is 0.236. The lowest BCUT2D eigenvalue weighted by Crippen LogP contribution is -2.38. The largest absolute Gasteiger partial charge is 0.453 e. The average molecular weight is 469 g/mol. The van der Waals surface area contributed by atoms with E-state index in [0.717, 1.165) is 0 Å². The third-order valence-corrected chi connectivity index (χ3v) is 5.83. The second-order valence-corrected chi connectivity index (χ2v) is 8.06. The van der Waals surface area contributed by atoms with Crippen LogP contribution in [0.4, 0.5) is 10.5 Å². The highest BCUT2D eigenvalue weighted by molar-refractivity contribution is 6.36. The number of halogens is 2. The zero-order valence-electron chi connectivity index (χ0n) is 17.9. The van der Waals surface area contributed by atoms with E-state index >= 15 is 0 Å². The fourth-order valence-corrected chi connectivity index (χ4v) is 4.21. The summed E-state index contributed by atoms with van der Waals surface area (Å²) in [5.74, 6) is 0.457. The van der Waals surface area contributed by atoms with Crippen LogP contribution < -0.4 is 10.9 Å². The van der Waals surface area contributed by atoms with E-state index in [4.69, 9.17) is 37.7 Å². The lowest BCUT2D eigenvalue weighted by Gasteiger charge is -2.22. The van der Waals surface area contributed by atoms with Crippen molar-refractivity contribution in [3.05, 3.63) is 44.3 Å². The molecule has 1 saturated heterocycles. The number of nitrogens with one attached hydrogen (secondary N) is 1. The third-order valence-electron chi connectivity index (χ3n) is 5.28. The summed E-state index contributed by atoms with van der Waals surface area (Å²) < 4.78 is 12.1. The van der Waals surface area contributed by atoms with Crippen LogP contribution in [-0.4, -0.2) is 59.5 Å². The Morgan fingerprint density at radius 3 is 2.65 bits per heavy atom. The smallest absolute Gasteiger partial charge is 0.409 e. The number of aromatic nitrogens is 2. The Bertz CT molecular complexity index is 1030. The highest BCUT2D eigenvalue weighted by atomic mass is 35.5. The first-order valence-electron chi connectivity index (χ1n) is 10.1. The van der Waals surface area contributed by atoms with Gasteiger partial charge in [-0.15, -0.1) is 0 Å². The molecule has 1 amide bonds. The molecule has 8 nitrogen and oxygen atoms in total. The van der Waals surface area contributed by atoms with Gasteiger partial charge in [-0.1, -0.05) is 30.1 Å². The van der Waals surface area contributed by atoms with Gasteiger partial charge in [0.25, 0.3) is 5.56 Å². The van der Waals surface area contributed by atoms with Crippen LogP contribution in [0.1, 0.15) is 19.5 Å². The Hall–Kier alpha value is -2.29. The van der Waals surface area contributed by atoms with Gasteiger partial charge in [-0.25, -0.2) is 9.78 Å². The van der Waals surface area contributed by atoms with Crippen molar-refractivity contribution in [2.75, 3.05) is 32.1 Å². The van der Waals surface area contributed by atoms with Gasteiger partial charge in [-0.05, 0) is 31.5 Å². The first-order chi connectivity index (χ1) is 14.8. The van der Waals surface area contributed by atoms with E-state index in [2.05, 4.69) is 5.32 Å². The number of amides is 1. The van der Waals surface area contributed by atoms with Gasteiger partial charge in [0.1, 0.15) is 11.5 Å². The molecule has 0 radical (unpaired) electrons. The molecular formula is C21H26Cl2N4O4. The number of ether oxygens (including phenoxy) is 2. The zero-order chi connectivity index (χ0) is 22.7. The monoisotopic (exact) mass is 468 g/mol. The van der Waals surface area contributed by atoms with Gasteiger partial charge in [0.05, 0.1) is 36.5 Å². The molecule has 2 unspecified atom stereocenters. The maximum absolute atomic E-state index is 13.3. The van der Waals surface area contributed by atoms with Gasteiger partial charge < -0.3 is 19.7 Å². The van der Waals surface area contributed by atoms with E-state index < -0.39 is 6.09 Å². The molecule has 0 bridgehead atoms. The second kappa shape index (κ2) is 9.89. The molecule has 1 aromatic carbocycles. The molecule has 2 atom stereocenters. The first-order valence-corrected chi connectivity index (χ1v) is 10.8. The second-order valence-electron chi connectivity index (χ2n) is 7.22. The maximum atomic E-state index is 13.3. The summed E-state index contributed by atoms with van der Waals surface area (Å²) in [6.45, 7) is 5.04. The number of likely N-dealkylation sites (tertiary alicyclic amines) is 1. The Labute approximate surface area is 191 Å². The fraction of sp³-hybridized carbons (Fsp3) is 0.476. The SMILES string of the molecule is CCOC1CN(C(=O)OC)CC1Nc1c(CC)nc(-c2ccc(Cl)cc2Cl)n(C)c1=O. The van der Waals surface area contributed by atoms with Crippen molar-refractivity contribution < 1.29 is 14.3 Å². The van der Waals surface area contributed by atoms with E-state index in [1.807, 2.05) is 13.8 Å². The summed E-state index contributed by atoms with van der Waals surface area (Å²) >= 11 is 12.4. The molecular weight excluding hydrogens is 443 g/mol. The summed E-state index contributed by atoms with van der Waals surface area (Å²) in [6, 6.07) is 4.80. The zero-order valence-corrected chi connectivity index (χ0v) is 19.5. The minimum Gasteiger partial charge on any atom is -0.453 e. The number of carbonyl (C=O) groups is 1. The summed E-state index contributed by atoms with van der Waals surface area (Å²) in [4.78, 5) is 31.6. The van der Waals surface area contributed by atoms with Gasteiger partial charge in [0.15, 0.2) is 0 Å². The van der Waals surface area contributed by atoms with Crippen molar-refractivity contribution in [1.82, 2.24) is 14.5 Å². The molecule has 0 aliphatic carbocycles. The van der Waals surface area contributed by atoms with Crippen LogP contribution in [0.15, 0.2) is 23.0 Å². The van der Waals surface area contributed by atoms with Gasteiger partial charge in [0, 0.05) is 30.8 Å². The lowest BCUT2D eigenvalue weighted by molar-refractivity contribution is 0.0614. The van der Waals surface area contributed by atoms with Crippen LogP contribution in [-0.2, 0) is 22.9 Å². The molecule has 1 aromatic heterocycles. The summed E-state index contributed by atoms with van der Waals surface area (Å²) in [5.41, 5.74) is 1.38. The maximum Gasteiger partial charge on any atom is 0.409 e. The molecule has 1 N–H and O–H groups in total. The van der Waals surface area contributed by atoms with E-state index in [0.29, 0.717) is 58.9 Å². The summed E-state index contributed by atoms with van der Waals surface area (Å²) in [5, 5.41) is 4.21. The van der Waals surface area contributed by atoms with Crippen molar-refractivity contribution in [1.29, 1.82) is 0 Å². The van der Waals surface area contributed by atoms with Crippen molar-refractivity contribution in [2.24, 2.45) is 7.05 Å². The number of nitrogens with zero attached hydrogens (tertiary/aromatic N) is 3. The number of hydrogen-bond donors (Lipinski definition) is 1. The standard InChI is InChI=1S/C21H26Cl2N4O4/c1-5-15-18(24-16-10-27(21(29)30-4)11-17(16)31-6-2)20(28)26(3)19(25-15)13-8-7-12(22)9-14(13)23/h7-9,16-17,24H,5-6,10-11H2,1-4H3. The van der Waals surface area contributed by atoms with Crippen molar-refractivity contribution in [3.63, 3.8) is 0 Å². The number of aryl methyl sites for hydroxylation is 1. The van der Waals surface area contributed by atoms with Crippen LogP contribution in [0, 0.1) is 0 Å². The van der Waals surface area contributed by atoms with Crippen molar-refractivity contribution >= 4 is 35.0 Å². The molecule has 2 aromatic rings. The molecule has 31 heavy (non-hydrogen) atoms. The quantitative estimate of drug-likeness (QED) is 0.696. The van der Waals surface area contributed by atoms with Crippen LogP contribution in [0.2, 0.25) is 10.0 Å². The highest BCUT2D eigenvalue weighted by Gasteiger charge is 2.37. The molecule has 1 fully saturated rings. The molecule has 168 valence electrons. The van der Waals surface area contributed by atoms with Gasteiger partial charge in [-0.3, -0.25) is 9.36 Å². The molecule has 10 heteroatoms. The van der Waals surface area contributed by atoms with Crippen LogP contribution >= 0.6 is 23.2 Å². The highest BCUT2D eigenvalue weighted by Crippen LogP contribution is 2.30. The van der Waals surface area contributed by atoms with Crippen molar-refractivity contribution in [3.8, 4) is 11.4 Å². The van der Waals surface area contributed by atoms with Gasteiger partial charge in [0.2, 0.25) is 0 Å².